The van der Waals surface area contributed by atoms with Crippen LogP contribution in [0.25, 0.3) is 0 Å². The fourth-order valence-electron chi connectivity index (χ4n) is 2.14. The molecule has 1 amide bonds. The number of halogens is 1. The molecule has 1 rings (SSSR count). The van der Waals surface area contributed by atoms with Gasteiger partial charge in [0, 0.05) is 12.6 Å². The molecule has 0 aliphatic carbocycles. The van der Waals surface area contributed by atoms with Crippen molar-refractivity contribution in [3.63, 3.8) is 0 Å². The molecule has 1 saturated heterocycles. The number of carbonyl (C=O) groups excluding carboxylic acids is 1. The summed E-state index contributed by atoms with van der Waals surface area (Å²) >= 11 is 3.43. The van der Waals surface area contributed by atoms with Gasteiger partial charge in [0.1, 0.15) is 0 Å². The molecule has 1 fully saturated rings. The van der Waals surface area contributed by atoms with Gasteiger partial charge in [0.15, 0.2) is 0 Å². The summed E-state index contributed by atoms with van der Waals surface area (Å²) < 4.78 is 0. The number of piperidine rings is 1. The predicted octanol–water partition coefficient (Wildman–Crippen LogP) is 2.40. The predicted molar refractivity (Wildman–Crippen MR) is 75.4 cm³/mol. The second kappa shape index (κ2) is 7.37. The minimum absolute atomic E-state index is 0.0731. The lowest BCUT2D eigenvalue weighted by molar-refractivity contribution is -0.121. The first-order valence-corrected chi connectivity index (χ1v) is 7.59. The normalized spacial score (nSPS) is 21.2. The molecule has 0 aromatic rings. The minimum atomic E-state index is -0.0731. The number of hydrogen-bond donors (Lipinski definition) is 1. The van der Waals surface area contributed by atoms with Crippen molar-refractivity contribution in [2.75, 3.05) is 19.6 Å². The van der Waals surface area contributed by atoms with Gasteiger partial charge in [0.2, 0.25) is 5.91 Å². The molecule has 2 unspecified atom stereocenters. The highest BCUT2D eigenvalue weighted by atomic mass is 79.9. The fourth-order valence-corrected chi connectivity index (χ4v) is 2.30. The molecule has 1 heterocycles. The topological polar surface area (TPSA) is 32.3 Å². The van der Waals surface area contributed by atoms with Gasteiger partial charge < -0.3 is 5.32 Å². The summed E-state index contributed by atoms with van der Waals surface area (Å²) in [6.45, 7) is 9.41. The van der Waals surface area contributed by atoms with Crippen LogP contribution in [0.15, 0.2) is 0 Å². The van der Waals surface area contributed by atoms with E-state index >= 15 is 0 Å². The van der Waals surface area contributed by atoms with Gasteiger partial charge in [-0.15, -0.1) is 0 Å². The molecule has 0 radical (unpaired) electrons. The molecule has 1 aliphatic heterocycles. The van der Waals surface area contributed by atoms with Crippen LogP contribution < -0.4 is 5.32 Å². The first kappa shape index (κ1) is 15.0. The molecule has 4 heteroatoms. The van der Waals surface area contributed by atoms with Gasteiger partial charge in [-0.3, -0.25) is 9.69 Å². The molecular formula is C13H25BrN2O. The first-order chi connectivity index (χ1) is 8.02. The van der Waals surface area contributed by atoms with Crippen LogP contribution in [0, 0.1) is 5.92 Å². The summed E-state index contributed by atoms with van der Waals surface area (Å²) in [4.78, 5) is 14.2. The maximum absolute atomic E-state index is 11.8. The fraction of sp³-hybridized carbons (Fsp3) is 0.923. The lowest BCUT2D eigenvalue weighted by atomic mass is 10.1. The lowest BCUT2D eigenvalue weighted by Crippen LogP contribution is -2.46. The third kappa shape index (κ3) is 4.96. The van der Waals surface area contributed by atoms with Crippen molar-refractivity contribution in [2.45, 2.75) is 50.9 Å². The molecule has 17 heavy (non-hydrogen) atoms. The van der Waals surface area contributed by atoms with E-state index in [2.05, 4.69) is 33.1 Å². The average Bonchev–Trinajstić information content (AvgIpc) is 2.35. The van der Waals surface area contributed by atoms with Crippen LogP contribution in [0.3, 0.4) is 0 Å². The molecule has 0 bridgehead atoms. The monoisotopic (exact) mass is 304 g/mol. The van der Waals surface area contributed by atoms with E-state index in [1.165, 1.54) is 32.4 Å². The van der Waals surface area contributed by atoms with Crippen molar-refractivity contribution < 1.29 is 4.79 Å². The number of carbonyl (C=O) groups is 1. The molecule has 1 N–H and O–H groups in total. The quantitative estimate of drug-likeness (QED) is 0.791. The highest BCUT2D eigenvalue weighted by Gasteiger charge is 2.21. The molecule has 2 atom stereocenters. The minimum Gasteiger partial charge on any atom is -0.354 e. The smallest absolute Gasteiger partial charge is 0.234 e. The maximum atomic E-state index is 11.8. The number of amides is 1. The molecule has 3 nitrogen and oxygen atoms in total. The van der Waals surface area contributed by atoms with Gasteiger partial charge in [-0.25, -0.2) is 0 Å². The zero-order valence-corrected chi connectivity index (χ0v) is 12.8. The number of rotatable bonds is 5. The average molecular weight is 305 g/mol. The van der Waals surface area contributed by atoms with Gasteiger partial charge in [0.25, 0.3) is 0 Å². The van der Waals surface area contributed by atoms with E-state index in [0.717, 1.165) is 6.54 Å². The Bertz CT molecular complexity index is 240. The number of nitrogens with zero attached hydrogens (tertiary/aromatic N) is 1. The zero-order valence-electron chi connectivity index (χ0n) is 11.2. The summed E-state index contributed by atoms with van der Waals surface area (Å²) in [6, 6.07) is 0.450. The number of alkyl halides is 1. The Balaban J connectivity index is 2.27. The van der Waals surface area contributed by atoms with Crippen molar-refractivity contribution in [2.24, 2.45) is 5.92 Å². The van der Waals surface area contributed by atoms with Crippen molar-refractivity contribution in [1.29, 1.82) is 0 Å². The lowest BCUT2D eigenvalue weighted by Gasteiger charge is -2.32. The third-order valence-electron chi connectivity index (χ3n) is 3.42. The van der Waals surface area contributed by atoms with E-state index in [1.807, 2.05) is 13.8 Å². The van der Waals surface area contributed by atoms with Crippen LogP contribution in [-0.4, -0.2) is 41.3 Å². The van der Waals surface area contributed by atoms with E-state index in [-0.39, 0.29) is 10.7 Å². The Morgan fingerprint density at radius 2 is 1.82 bits per heavy atom. The second-order valence-electron chi connectivity index (χ2n) is 5.34. The van der Waals surface area contributed by atoms with Crippen LogP contribution in [0.4, 0.5) is 0 Å². The van der Waals surface area contributed by atoms with Crippen LogP contribution in [0.2, 0.25) is 0 Å². The van der Waals surface area contributed by atoms with Crippen molar-refractivity contribution in [3.05, 3.63) is 0 Å². The van der Waals surface area contributed by atoms with Gasteiger partial charge in [0.05, 0.1) is 4.83 Å². The molecule has 0 aromatic heterocycles. The van der Waals surface area contributed by atoms with Gasteiger partial charge in [-0.2, -0.15) is 0 Å². The summed E-state index contributed by atoms with van der Waals surface area (Å²) in [5.41, 5.74) is 0. The molecule has 0 spiro atoms. The molecule has 0 saturated carbocycles. The maximum Gasteiger partial charge on any atom is 0.234 e. The molecular weight excluding hydrogens is 280 g/mol. The Hall–Kier alpha value is -0.0900. The summed E-state index contributed by atoms with van der Waals surface area (Å²) in [5, 5.41) is 3.03. The van der Waals surface area contributed by atoms with E-state index in [9.17, 15) is 4.79 Å². The zero-order chi connectivity index (χ0) is 12.8. The largest absolute Gasteiger partial charge is 0.354 e. The SMILES string of the molecule is CC(C)C(Br)C(=O)NCC(C)N1CCCCC1. The van der Waals surface area contributed by atoms with Gasteiger partial charge >= 0.3 is 0 Å². The van der Waals surface area contributed by atoms with Crippen LogP contribution in [-0.2, 0) is 4.79 Å². The molecule has 1 aliphatic rings. The highest BCUT2D eigenvalue weighted by Crippen LogP contribution is 2.13. The Morgan fingerprint density at radius 1 is 1.24 bits per heavy atom. The van der Waals surface area contributed by atoms with Crippen molar-refractivity contribution in [3.8, 4) is 0 Å². The van der Waals surface area contributed by atoms with Crippen molar-refractivity contribution >= 4 is 21.8 Å². The summed E-state index contributed by atoms with van der Waals surface area (Å²) in [6.07, 6.45) is 3.95. The number of nitrogens with one attached hydrogen (secondary N) is 1. The third-order valence-corrected chi connectivity index (χ3v) is 4.89. The molecule has 0 aromatic carbocycles. The number of likely N-dealkylation sites (tertiary alicyclic amines) is 1. The van der Waals surface area contributed by atoms with E-state index in [4.69, 9.17) is 0 Å². The second-order valence-corrected chi connectivity index (χ2v) is 6.32. The van der Waals surface area contributed by atoms with Crippen LogP contribution in [0.1, 0.15) is 40.0 Å². The molecule has 100 valence electrons. The van der Waals surface area contributed by atoms with Gasteiger partial charge in [-0.05, 0) is 38.8 Å². The summed E-state index contributed by atoms with van der Waals surface area (Å²) in [5.74, 6) is 0.448. The first-order valence-electron chi connectivity index (χ1n) is 6.68. The van der Waals surface area contributed by atoms with Crippen LogP contribution in [0.5, 0.6) is 0 Å². The number of hydrogen-bond acceptors (Lipinski definition) is 2. The Morgan fingerprint density at radius 3 is 2.35 bits per heavy atom. The van der Waals surface area contributed by atoms with E-state index < -0.39 is 0 Å². The standard InChI is InChI=1S/C13H25BrN2O/c1-10(2)12(14)13(17)15-9-11(3)16-7-5-4-6-8-16/h10-12H,4-9H2,1-3H3,(H,15,17). The van der Waals surface area contributed by atoms with E-state index in [0.29, 0.717) is 12.0 Å². The van der Waals surface area contributed by atoms with E-state index in [1.54, 1.807) is 0 Å². The Labute approximate surface area is 113 Å². The van der Waals surface area contributed by atoms with Crippen LogP contribution >= 0.6 is 15.9 Å². The Kier molecular flexibility index (Phi) is 6.49. The van der Waals surface area contributed by atoms with Gasteiger partial charge in [-0.1, -0.05) is 36.2 Å². The van der Waals surface area contributed by atoms with Crippen molar-refractivity contribution in [1.82, 2.24) is 10.2 Å². The highest BCUT2D eigenvalue weighted by molar-refractivity contribution is 9.10. The summed E-state index contributed by atoms with van der Waals surface area (Å²) in [7, 11) is 0.